The van der Waals surface area contributed by atoms with Gasteiger partial charge in [-0.15, -0.1) is 0 Å². The predicted molar refractivity (Wildman–Crippen MR) is 259 cm³/mol. The minimum Gasteiger partial charge on any atom is -0.309 e. The SMILES string of the molecule is c1ccc(-c2ccccc2CCC2Cc3ccccc3-c3ccc(-c4cccc5cccc(-c6ccc7c8ccccc8n(-c8cccc9ccccc89)c7c6)c45)cc32)cc1. The number of para-hydroxylation sites is 1. The van der Waals surface area contributed by atoms with E-state index in [-0.39, 0.29) is 0 Å². The molecule has 0 amide bonds. The lowest BCUT2D eigenvalue weighted by Gasteiger charge is -2.29. The maximum atomic E-state index is 2.53. The van der Waals surface area contributed by atoms with Gasteiger partial charge in [-0.3, -0.25) is 0 Å². The third kappa shape index (κ3) is 6.00. The van der Waals surface area contributed by atoms with E-state index < -0.39 is 0 Å². The van der Waals surface area contributed by atoms with E-state index in [4.69, 9.17) is 0 Å². The number of benzene rings is 10. The number of aromatic nitrogens is 1. The van der Waals surface area contributed by atoms with Crippen molar-refractivity contribution in [3.05, 3.63) is 235 Å². The topological polar surface area (TPSA) is 4.93 Å². The highest BCUT2D eigenvalue weighted by Crippen LogP contribution is 2.46. The van der Waals surface area contributed by atoms with Crippen molar-refractivity contribution >= 4 is 43.4 Å². The van der Waals surface area contributed by atoms with Crippen LogP contribution >= 0.6 is 0 Å². The molecule has 0 saturated heterocycles. The lowest BCUT2D eigenvalue weighted by molar-refractivity contribution is 0.616. The van der Waals surface area contributed by atoms with Crippen molar-refractivity contribution in [2.75, 3.05) is 0 Å². The Morgan fingerprint density at radius 3 is 1.89 bits per heavy atom. The molecule has 11 aromatic rings. The summed E-state index contributed by atoms with van der Waals surface area (Å²) >= 11 is 0. The molecule has 1 aliphatic carbocycles. The van der Waals surface area contributed by atoms with Gasteiger partial charge in [-0.05, 0) is 121 Å². The second-order valence-electron chi connectivity index (χ2n) is 16.7. The zero-order valence-electron chi connectivity index (χ0n) is 33.9. The lowest BCUT2D eigenvalue weighted by atomic mass is 9.75. The fourth-order valence-electron chi connectivity index (χ4n) is 10.5. The van der Waals surface area contributed by atoms with Crippen LogP contribution in [0.1, 0.15) is 29.0 Å². The van der Waals surface area contributed by atoms with Crippen molar-refractivity contribution in [2.24, 2.45) is 0 Å². The molecule has 0 bridgehead atoms. The second kappa shape index (κ2) is 14.7. The van der Waals surface area contributed by atoms with Gasteiger partial charge in [0.1, 0.15) is 0 Å². The molecule has 0 aliphatic heterocycles. The van der Waals surface area contributed by atoms with Gasteiger partial charge in [0.15, 0.2) is 0 Å². The molecule has 288 valence electrons. The molecule has 0 fully saturated rings. The van der Waals surface area contributed by atoms with E-state index in [1.165, 1.54) is 110 Å². The van der Waals surface area contributed by atoms with Crippen LogP contribution in [0.2, 0.25) is 0 Å². The van der Waals surface area contributed by atoms with Crippen molar-refractivity contribution in [3.63, 3.8) is 0 Å². The van der Waals surface area contributed by atoms with Crippen LogP contribution in [-0.4, -0.2) is 4.57 Å². The van der Waals surface area contributed by atoms with Gasteiger partial charge in [-0.2, -0.15) is 0 Å². The Labute approximate surface area is 356 Å². The van der Waals surface area contributed by atoms with Crippen LogP contribution in [0.5, 0.6) is 0 Å². The second-order valence-corrected chi connectivity index (χ2v) is 16.7. The fraction of sp³-hybridized carbons (Fsp3) is 0.0667. The Kier molecular flexibility index (Phi) is 8.52. The van der Waals surface area contributed by atoms with Gasteiger partial charge in [-0.1, -0.05) is 200 Å². The molecule has 1 heteroatoms. The van der Waals surface area contributed by atoms with E-state index in [1.54, 1.807) is 0 Å². The van der Waals surface area contributed by atoms with Crippen LogP contribution in [0.25, 0.3) is 93.5 Å². The first kappa shape index (κ1) is 35.5. The first-order valence-corrected chi connectivity index (χ1v) is 21.7. The summed E-state index contributed by atoms with van der Waals surface area (Å²) in [6.07, 6.45) is 3.16. The molecule has 12 rings (SSSR count). The number of nitrogens with zero attached hydrogens (tertiary/aromatic N) is 1. The summed E-state index contributed by atoms with van der Waals surface area (Å²) in [4.78, 5) is 0. The lowest BCUT2D eigenvalue weighted by Crippen LogP contribution is -2.13. The average Bonchev–Trinajstić information content (AvgIpc) is 3.66. The van der Waals surface area contributed by atoms with Gasteiger partial charge in [-0.25, -0.2) is 0 Å². The van der Waals surface area contributed by atoms with Gasteiger partial charge < -0.3 is 4.57 Å². The Bertz CT molecular complexity index is 3450. The summed E-state index contributed by atoms with van der Waals surface area (Å²) < 4.78 is 2.47. The predicted octanol–water partition coefficient (Wildman–Crippen LogP) is 16.0. The van der Waals surface area contributed by atoms with Gasteiger partial charge in [0.05, 0.1) is 16.7 Å². The number of fused-ring (bicyclic) bond motifs is 8. The van der Waals surface area contributed by atoms with Crippen molar-refractivity contribution < 1.29 is 0 Å². The van der Waals surface area contributed by atoms with E-state index in [2.05, 4.69) is 223 Å². The van der Waals surface area contributed by atoms with Crippen molar-refractivity contribution in [3.8, 4) is 50.2 Å². The first-order chi connectivity index (χ1) is 30.3. The molecule has 1 heterocycles. The molecule has 1 unspecified atom stereocenters. The largest absolute Gasteiger partial charge is 0.309 e. The van der Waals surface area contributed by atoms with Crippen LogP contribution in [-0.2, 0) is 12.8 Å². The Balaban J connectivity index is 0.996. The van der Waals surface area contributed by atoms with E-state index in [0.29, 0.717) is 5.92 Å². The standard InChI is InChI=1S/C60H43N/c1-2-15-40(16-3-1)48-23-7-4-18-42(48)31-32-45-37-44-19-6-8-24-49(44)53-35-33-46(38-56(45)53)51-27-12-21-43-22-13-28-52(60(43)51)47-34-36-55-54-26-10-11-29-58(54)61(59(55)39-47)57-30-14-20-41-17-5-9-25-50(41)57/h1-30,33-36,38-39,45H,31-32,37H2. The third-order valence-electron chi connectivity index (χ3n) is 13.3. The van der Waals surface area contributed by atoms with Crippen molar-refractivity contribution in [2.45, 2.75) is 25.2 Å². The summed E-state index contributed by atoms with van der Waals surface area (Å²) in [6.45, 7) is 0. The monoisotopic (exact) mass is 777 g/mol. The zero-order chi connectivity index (χ0) is 40.3. The van der Waals surface area contributed by atoms with Crippen LogP contribution in [0.15, 0.2) is 218 Å². The number of rotatable bonds is 7. The molecule has 0 radical (unpaired) electrons. The third-order valence-corrected chi connectivity index (χ3v) is 13.3. The minimum absolute atomic E-state index is 0.404. The smallest absolute Gasteiger partial charge is 0.0547 e. The quantitative estimate of drug-likeness (QED) is 0.152. The Morgan fingerprint density at radius 1 is 0.393 bits per heavy atom. The summed E-state index contributed by atoms with van der Waals surface area (Å²) in [5.74, 6) is 0.404. The van der Waals surface area contributed by atoms with Crippen molar-refractivity contribution in [1.29, 1.82) is 0 Å². The normalized spacial score (nSPS) is 13.5. The molecule has 61 heavy (non-hydrogen) atoms. The molecule has 0 N–H and O–H groups in total. The van der Waals surface area contributed by atoms with E-state index in [9.17, 15) is 0 Å². The molecular weight excluding hydrogens is 735 g/mol. The number of hydrogen-bond donors (Lipinski definition) is 0. The fourth-order valence-corrected chi connectivity index (χ4v) is 10.5. The van der Waals surface area contributed by atoms with E-state index >= 15 is 0 Å². The van der Waals surface area contributed by atoms with Gasteiger partial charge >= 0.3 is 0 Å². The highest BCUT2D eigenvalue weighted by molar-refractivity contribution is 6.13. The molecule has 1 aliphatic rings. The van der Waals surface area contributed by atoms with E-state index in [0.717, 1.165) is 19.3 Å². The number of aryl methyl sites for hydroxylation is 1. The maximum absolute atomic E-state index is 2.53. The van der Waals surface area contributed by atoms with Crippen LogP contribution < -0.4 is 0 Å². The van der Waals surface area contributed by atoms with E-state index in [1.807, 2.05) is 0 Å². The maximum Gasteiger partial charge on any atom is 0.0547 e. The summed E-state index contributed by atoms with van der Waals surface area (Å²) in [6, 6.07) is 81.2. The summed E-state index contributed by atoms with van der Waals surface area (Å²) in [5.41, 5.74) is 18.4. The molecular formula is C60H43N. The Morgan fingerprint density at radius 2 is 1.02 bits per heavy atom. The van der Waals surface area contributed by atoms with Gasteiger partial charge in [0.2, 0.25) is 0 Å². The van der Waals surface area contributed by atoms with Crippen molar-refractivity contribution in [1.82, 2.24) is 4.57 Å². The highest BCUT2D eigenvalue weighted by Gasteiger charge is 2.26. The zero-order valence-corrected chi connectivity index (χ0v) is 33.9. The highest BCUT2D eigenvalue weighted by atomic mass is 15.0. The Hall–Kier alpha value is -7.48. The van der Waals surface area contributed by atoms with Crippen LogP contribution in [0.3, 0.4) is 0 Å². The molecule has 1 nitrogen and oxygen atoms in total. The minimum atomic E-state index is 0.404. The van der Waals surface area contributed by atoms with Crippen LogP contribution in [0, 0.1) is 0 Å². The number of hydrogen-bond acceptors (Lipinski definition) is 0. The molecule has 0 spiro atoms. The molecule has 10 aromatic carbocycles. The average molecular weight is 778 g/mol. The molecule has 1 aromatic heterocycles. The summed E-state index contributed by atoms with van der Waals surface area (Å²) in [5, 5.41) is 7.57. The summed E-state index contributed by atoms with van der Waals surface area (Å²) in [7, 11) is 0. The van der Waals surface area contributed by atoms with Gasteiger partial charge in [0.25, 0.3) is 0 Å². The molecule has 0 saturated carbocycles. The first-order valence-electron chi connectivity index (χ1n) is 21.7. The van der Waals surface area contributed by atoms with Crippen LogP contribution in [0.4, 0.5) is 0 Å². The molecule has 1 atom stereocenters. The van der Waals surface area contributed by atoms with Gasteiger partial charge in [0, 0.05) is 16.2 Å².